The third kappa shape index (κ3) is 6.00. The fourth-order valence-corrected chi connectivity index (χ4v) is 4.82. The van der Waals surface area contributed by atoms with Crippen molar-refractivity contribution >= 4 is 33.3 Å². The fourth-order valence-electron chi connectivity index (χ4n) is 3.76. The van der Waals surface area contributed by atoms with Crippen LogP contribution in [0.25, 0.3) is 0 Å². The molecule has 10 heteroatoms. The maximum Gasteiger partial charge on any atom is 0.261 e. The first-order valence-electron chi connectivity index (χ1n) is 11.3. The van der Waals surface area contributed by atoms with Crippen LogP contribution in [0.4, 0.5) is 5.69 Å². The van der Waals surface area contributed by atoms with Crippen molar-refractivity contribution in [3.63, 3.8) is 0 Å². The van der Waals surface area contributed by atoms with Gasteiger partial charge in [-0.1, -0.05) is 12.1 Å². The Morgan fingerprint density at radius 1 is 0.882 bits per heavy atom. The normalized spacial score (nSPS) is 16.7. The molecular formula is C24H28N4O5S. The number of hydrogen-bond acceptors (Lipinski definition) is 6. The van der Waals surface area contributed by atoms with E-state index in [9.17, 15) is 22.8 Å². The second kappa shape index (κ2) is 9.94. The number of benzene rings is 2. The van der Waals surface area contributed by atoms with E-state index in [4.69, 9.17) is 0 Å². The minimum Gasteiger partial charge on any atom is -0.352 e. The summed E-state index contributed by atoms with van der Waals surface area (Å²) in [5.41, 5.74) is 1.23. The molecule has 1 aliphatic carbocycles. The predicted molar refractivity (Wildman–Crippen MR) is 127 cm³/mol. The largest absolute Gasteiger partial charge is 0.352 e. The van der Waals surface area contributed by atoms with E-state index in [1.165, 1.54) is 31.2 Å². The Labute approximate surface area is 199 Å². The lowest BCUT2D eigenvalue weighted by Crippen LogP contribution is -2.51. The van der Waals surface area contributed by atoms with Crippen LogP contribution in [-0.2, 0) is 14.8 Å². The van der Waals surface area contributed by atoms with Crippen molar-refractivity contribution in [2.75, 3.05) is 37.4 Å². The number of ketones is 1. The van der Waals surface area contributed by atoms with Crippen molar-refractivity contribution in [3.05, 3.63) is 59.7 Å². The highest BCUT2D eigenvalue weighted by Gasteiger charge is 2.26. The van der Waals surface area contributed by atoms with Gasteiger partial charge in [0.05, 0.1) is 11.4 Å². The molecule has 180 valence electrons. The van der Waals surface area contributed by atoms with E-state index in [2.05, 4.69) is 10.0 Å². The molecule has 0 atom stereocenters. The molecule has 1 aliphatic heterocycles. The summed E-state index contributed by atoms with van der Waals surface area (Å²) in [6.07, 6.45) is 2.12. The zero-order chi connectivity index (χ0) is 24.3. The number of carbonyl (C=O) groups is 3. The van der Waals surface area contributed by atoms with E-state index in [-0.39, 0.29) is 22.5 Å². The number of nitrogens with zero attached hydrogens (tertiary/aromatic N) is 2. The second-order valence-electron chi connectivity index (χ2n) is 8.67. The van der Waals surface area contributed by atoms with Gasteiger partial charge in [0, 0.05) is 49.0 Å². The summed E-state index contributed by atoms with van der Waals surface area (Å²) >= 11 is 0. The van der Waals surface area contributed by atoms with Gasteiger partial charge in [-0.15, -0.1) is 0 Å². The fraction of sp³-hybridized carbons (Fsp3) is 0.375. The summed E-state index contributed by atoms with van der Waals surface area (Å²) in [6, 6.07) is 12.3. The highest BCUT2D eigenvalue weighted by atomic mass is 32.2. The Bertz CT molecular complexity index is 1170. The summed E-state index contributed by atoms with van der Waals surface area (Å²) in [7, 11) is -3.82. The molecule has 2 aliphatic rings. The van der Waals surface area contributed by atoms with E-state index in [1.807, 2.05) is 4.90 Å². The third-order valence-corrected chi connectivity index (χ3v) is 7.32. The molecule has 0 aromatic heterocycles. The lowest BCUT2D eigenvalue weighted by atomic mass is 10.1. The van der Waals surface area contributed by atoms with Gasteiger partial charge in [0.15, 0.2) is 5.78 Å². The highest BCUT2D eigenvalue weighted by molar-refractivity contribution is 7.92. The molecule has 9 nitrogen and oxygen atoms in total. The van der Waals surface area contributed by atoms with Crippen molar-refractivity contribution in [2.45, 2.75) is 30.7 Å². The number of hydrogen-bond donors (Lipinski definition) is 2. The molecule has 2 N–H and O–H groups in total. The first kappa shape index (κ1) is 23.9. The van der Waals surface area contributed by atoms with Gasteiger partial charge >= 0.3 is 0 Å². The van der Waals surface area contributed by atoms with E-state index < -0.39 is 10.0 Å². The SMILES string of the molecule is CC(=O)c1ccc(S(=O)(=O)Nc2ccc(C(=O)N3CCN(CC(=O)NC4CC4)CC3)cc2)cc1. The number of rotatable bonds is 8. The molecule has 0 bridgehead atoms. The average molecular weight is 485 g/mol. The molecule has 1 saturated heterocycles. The van der Waals surface area contributed by atoms with Gasteiger partial charge < -0.3 is 10.2 Å². The molecule has 4 rings (SSSR count). The number of anilines is 1. The Kier molecular flexibility index (Phi) is 6.99. The van der Waals surface area contributed by atoms with E-state index in [1.54, 1.807) is 29.2 Å². The first-order chi connectivity index (χ1) is 16.2. The minimum atomic E-state index is -3.82. The summed E-state index contributed by atoms with van der Waals surface area (Å²) in [4.78, 5) is 40.0. The van der Waals surface area contributed by atoms with Crippen molar-refractivity contribution in [1.29, 1.82) is 0 Å². The zero-order valence-electron chi connectivity index (χ0n) is 19.0. The van der Waals surface area contributed by atoms with E-state index in [0.29, 0.717) is 55.6 Å². The maximum absolute atomic E-state index is 12.8. The molecule has 2 amide bonds. The van der Waals surface area contributed by atoms with Gasteiger partial charge in [-0.05, 0) is 56.2 Å². The van der Waals surface area contributed by atoms with Gasteiger partial charge in [-0.25, -0.2) is 8.42 Å². The van der Waals surface area contributed by atoms with Crippen molar-refractivity contribution in [3.8, 4) is 0 Å². The van der Waals surface area contributed by atoms with Gasteiger partial charge in [0.1, 0.15) is 0 Å². The number of sulfonamides is 1. The van der Waals surface area contributed by atoms with Crippen LogP contribution in [-0.4, -0.2) is 74.6 Å². The number of amides is 2. The molecule has 2 fully saturated rings. The molecule has 1 heterocycles. The summed E-state index contributed by atoms with van der Waals surface area (Å²) in [6.45, 7) is 4.08. The monoisotopic (exact) mass is 484 g/mol. The van der Waals surface area contributed by atoms with Crippen LogP contribution in [0, 0.1) is 0 Å². The highest BCUT2D eigenvalue weighted by Crippen LogP contribution is 2.20. The van der Waals surface area contributed by atoms with Crippen LogP contribution in [0.1, 0.15) is 40.5 Å². The number of carbonyl (C=O) groups excluding carboxylic acids is 3. The van der Waals surface area contributed by atoms with Crippen LogP contribution >= 0.6 is 0 Å². The van der Waals surface area contributed by atoms with Crippen LogP contribution in [0.3, 0.4) is 0 Å². The third-order valence-electron chi connectivity index (χ3n) is 5.92. The van der Waals surface area contributed by atoms with E-state index in [0.717, 1.165) is 12.8 Å². The quantitative estimate of drug-likeness (QED) is 0.552. The Morgan fingerprint density at radius 2 is 1.47 bits per heavy atom. The van der Waals surface area contributed by atoms with Gasteiger partial charge in [0.25, 0.3) is 15.9 Å². The minimum absolute atomic E-state index is 0.0371. The standard InChI is InChI=1S/C24H28N4O5S/c1-17(29)18-4-10-22(11-5-18)34(32,33)26-21-6-2-19(3-7-21)24(31)28-14-12-27(13-15-28)16-23(30)25-20-8-9-20/h2-7,10-11,20,26H,8-9,12-16H2,1H3,(H,25,30). The lowest BCUT2D eigenvalue weighted by molar-refractivity contribution is -0.122. The van der Waals surface area contributed by atoms with Gasteiger partial charge in [0.2, 0.25) is 5.91 Å². The van der Waals surface area contributed by atoms with Crippen LogP contribution in [0.15, 0.2) is 53.4 Å². The van der Waals surface area contributed by atoms with Crippen LogP contribution in [0.5, 0.6) is 0 Å². The van der Waals surface area contributed by atoms with E-state index >= 15 is 0 Å². The number of Topliss-reactive ketones (excluding diaryl/α,β-unsaturated/α-hetero) is 1. The first-order valence-corrected chi connectivity index (χ1v) is 12.7. The van der Waals surface area contributed by atoms with Gasteiger partial charge in [-0.2, -0.15) is 0 Å². The number of piperazine rings is 1. The Hall–Kier alpha value is -3.24. The molecule has 1 saturated carbocycles. The summed E-state index contributed by atoms with van der Waals surface area (Å²) < 4.78 is 27.7. The average Bonchev–Trinajstić information content (AvgIpc) is 3.63. The molecule has 0 spiro atoms. The Balaban J connectivity index is 1.31. The zero-order valence-corrected chi connectivity index (χ0v) is 19.8. The van der Waals surface area contributed by atoms with Gasteiger partial charge in [-0.3, -0.25) is 24.0 Å². The summed E-state index contributed by atoms with van der Waals surface area (Å²) in [5.74, 6) is -0.232. The lowest BCUT2D eigenvalue weighted by Gasteiger charge is -2.34. The maximum atomic E-state index is 12.8. The van der Waals surface area contributed by atoms with Crippen molar-refractivity contribution in [2.24, 2.45) is 0 Å². The molecule has 2 aromatic carbocycles. The smallest absolute Gasteiger partial charge is 0.261 e. The topological polar surface area (TPSA) is 116 Å². The summed E-state index contributed by atoms with van der Waals surface area (Å²) in [5, 5.41) is 2.98. The number of nitrogens with one attached hydrogen (secondary N) is 2. The predicted octanol–water partition coefficient (Wildman–Crippen LogP) is 1.73. The van der Waals surface area contributed by atoms with Crippen LogP contribution in [0.2, 0.25) is 0 Å². The van der Waals surface area contributed by atoms with Crippen LogP contribution < -0.4 is 10.0 Å². The molecule has 2 aromatic rings. The molecule has 0 unspecified atom stereocenters. The molecule has 34 heavy (non-hydrogen) atoms. The van der Waals surface area contributed by atoms with Crippen molar-refractivity contribution < 1.29 is 22.8 Å². The van der Waals surface area contributed by atoms with Crippen molar-refractivity contribution in [1.82, 2.24) is 15.1 Å². The molecular weight excluding hydrogens is 456 g/mol. The Morgan fingerprint density at radius 3 is 2.03 bits per heavy atom. The second-order valence-corrected chi connectivity index (χ2v) is 10.4. The molecule has 0 radical (unpaired) electrons.